The summed E-state index contributed by atoms with van der Waals surface area (Å²) in [6, 6.07) is -0.353. The summed E-state index contributed by atoms with van der Waals surface area (Å²) >= 11 is 0. The molecule has 0 saturated carbocycles. The Balaban J connectivity index is 2.29. The highest BCUT2D eigenvalue weighted by atomic mass is 16.5. The normalized spacial score (nSPS) is 21.4. The molecule has 1 rings (SSSR count). The SMILES string of the molecule is CCC[C@H](N)C(=O)NCC1(C)CCOCC1. The maximum atomic E-state index is 11.7. The smallest absolute Gasteiger partial charge is 0.236 e. The van der Waals surface area contributed by atoms with Gasteiger partial charge >= 0.3 is 0 Å². The molecule has 4 heteroatoms. The summed E-state index contributed by atoms with van der Waals surface area (Å²) in [5.41, 5.74) is 5.93. The van der Waals surface area contributed by atoms with Crippen LogP contribution in [0.5, 0.6) is 0 Å². The zero-order chi connectivity index (χ0) is 12.0. The van der Waals surface area contributed by atoms with E-state index in [9.17, 15) is 4.79 Å². The van der Waals surface area contributed by atoms with Crippen LogP contribution in [0.4, 0.5) is 0 Å². The summed E-state index contributed by atoms with van der Waals surface area (Å²) in [5, 5.41) is 2.96. The first kappa shape index (κ1) is 13.5. The van der Waals surface area contributed by atoms with Gasteiger partial charge in [-0.1, -0.05) is 20.3 Å². The van der Waals surface area contributed by atoms with Crippen LogP contribution in [0, 0.1) is 5.41 Å². The second-order valence-electron chi connectivity index (χ2n) is 5.04. The third-order valence-electron chi connectivity index (χ3n) is 3.33. The standard InChI is InChI=1S/C12H24N2O2/c1-3-4-10(13)11(15)14-9-12(2)5-7-16-8-6-12/h10H,3-9,13H2,1-2H3,(H,14,15)/t10-/m0/s1. The molecule has 0 aromatic heterocycles. The summed E-state index contributed by atoms with van der Waals surface area (Å²) in [6.45, 7) is 6.54. The Morgan fingerprint density at radius 2 is 2.12 bits per heavy atom. The number of nitrogens with one attached hydrogen (secondary N) is 1. The minimum atomic E-state index is -0.353. The maximum absolute atomic E-state index is 11.7. The van der Waals surface area contributed by atoms with Crippen LogP contribution in [0.15, 0.2) is 0 Å². The lowest BCUT2D eigenvalue weighted by Gasteiger charge is -2.33. The molecule has 94 valence electrons. The fraction of sp³-hybridized carbons (Fsp3) is 0.917. The quantitative estimate of drug-likeness (QED) is 0.739. The zero-order valence-corrected chi connectivity index (χ0v) is 10.4. The van der Waals surface area contributed by atoms with Gasteiger partial charge in [0.25, 0.3) is 0 Å². The minimum absolute atomic E-state index is 0.0189. The van der Waals surface area contributed by atoms with Crippen molar-refractivity contribution in [1.29, 1.82) is 0 Å². The fourth-order valence-electron chi connectivity index (χ4n) is 1.91. The van der Waals surface area contributed by atoms with Crippen molar-refractivity contribution in [3.63, 3.8) is 0 Å². The summed E-state index contributed by atoms with van der Waals surface area (Å²) in [6.07, 6.45) is 3.72. The molecule has 1 fully saturated rings. The lowest BCUT2D eigenvalue weighted by atomic mass is 9.82. The van der Waals surface area contributed by atoms with Crippen molar-refractivity contribution in [1.82, 2.24) is 5.32 Å². The fourth-order valence-corrected chi connectivity index (χ4v) is 1.91. The molecule has 0 aromatic carbocycles. The Bertz CT molecular complexity index is 225. The van der Waals surface area contributed by atoms with Crippen molar-refractivity contribution in [2.45, 2.75) is 45.6 Å². The molecule has 0 aromatic rings. The molecule has 0 unspecified atom stereocenters. The van der Waals surface area contributed by atoms with E-state index in [4.69, 9.17) is 10.5 Å². The van der Waals surface area contributed by atoms with Gasteiger partial charge in [0, 0.05) is 19.8 Å². The predicted octanol–water partition coefficient (Wildman–Crippen LogP) is 1.05. The van der Waals surface area contributed by atoms with E-state index in [1.807, 2.05) is 6.92 Å². The summed E-state index contributed by atoms with van der Waals surface area (Å²) in [4.78, 5) is 11.7. The average molecular weight is 228 g/mol. The van der Waals surface area contributed by atoms with Crippen molar-refractivity contribution in [2.75, 3.05) is 19.8 Å². The van der Waals surface area contributed by atoms with Gasteiger partial charge in [-0.15, -0.1) is 0 Å². The molecule has 1 atom stereocenters. The zero-order valence-electron chi connectivity index (χ0n) is 10.4. The molecule has 1 aliphatic rings. The Morgan fingerprint density at radius 3 is 2.69 bits per heavy atom. The largest absolute Gasteiger partial charge is 0.381 e. The number of rotatable bonds is 5. The molecular weight excluding hydrogens is 204 g/mol. The van der Waals surface area contributed by atoms with Gasteiger partial charge in [0.2, 0.25) is 5.91 Å². The van der Waals surface area contributed by atoms with Crippen LogP contribution in [-0.2, 0) is 9.53 Å². The molecule has 0 radical (unpaired) electrons. The monoisotopic (exact) mass is 228 g/mol. The Hall–Kier alpha value is -0.610. The van der Waals surface area contributed by atoms with E-state index in [2.05, 4.69) is 12.2 Å². The Labute approximate surface area is 97.9 Å². The predicted molar refractivity (Wildman–Crippen MR) is 64.1 cm³/mol. The lowest BCUT2D eigenvalue weighted by Crippen LogP contribution is -2.46. The van der Waals surface area contributed by atoms with Crippen LogP contribution >= 0.6 is 0 Å². The molecule has 0 spiro atoms. The minimum Gasteiger partial charge on any atom is -0.381 e. The molecule has 0 bridgehead atoms. The maximum Gasteiger partial charge on any atom is 0.236 e. The average Bonchev–Trinajstić information content (AvgIpc) is 2.27. The number of hydrogen-bond acceptors (Lipinski definition) is 3. The topological polar surface area (TPSA) is 64.4 Å². The number of carbonyl (C=O) groups excluding carboxylic acids is 1. The van der Waals surface area contributed by atoms with Crippen molar-refractivity contribution in [3.8, 4) is 0 Å². The van der Waals surface area contributed by atoms with E-state index >= 15 is 0 Å². The molecule has 1 amide bonds. The molecule has 1 heterocycles. The number of hydrogen-bond donors (Lipinski definition) is 2. The highest BCUT2D eigenvalue weighted by Crippen LogP contribution is 2.28. The van der Waals surface area contributed by atoms with E-state index in [-0.39, 0.29) is 17.4 Å². The van der Waals surface area contributed by atoms with Crippen LogP contribution in [0.3, 0.4) is 0 Å². The van der Waals surface area contributed by atoms with E-state index in [1.165, 1.54) is 0 Å². The first-order valence-corrected chi connectivity index (χ1v) is 6.18. The van der Waals surface area contributed by atoms with E-state index in [0.29, 0.717) is 6.54 Å². The molecule has 16 heavy (non-hydrogen) atoms. The van der Waals surface area contributed by atoms with Crippen LogP contribution in [0.25, 0.3) is 0 Å². The van der Waals surface area contributed by atoms with Gasteiger partial charge in [-0.3, -0.25) is 4.79 Å². The van der Waals surface area contributed by atoms with Crippen molar-refractivity contribution < 1.29 is 9.53 Å². The van der Waals surface area contributed by atoms with Gasteiger partial charge in [0.15, 0.2) is 0 Å². The van der Waals surface area contributed by atoms with Crippen molar-refractivity contribution >= 4 is 5.91 Å². The van der Waals surface area contributed by atoms with E-state index in [1.54, 1.807) is 0 Å². The lowest BCUT2D eigenvalue weighted by molar-refractivity contribution is -0.123. The molecule has 4 nitrogen and oxygen atoms in total. The summed E-state index contributed by atoms with van der Waals surface area (Å²) in [5.74, 6) is -0.0189. The number of nitrogens with two attached hydrogens (primary N) is 1. The second kappa shape index (κ2) is 6.21. The number of carbonyl (C=O) groups is 1. The van der Waals surface area contributed by atoms with Crippen molar-refractivity contribution in [3.05, 3.63) is 0 Å². The molecule has 1 saturated heterocycles. The highest BCUT2D eigenvalue weighted by Gasteiger charge is 2.28. The van der Waals surface area contributed by atoms with Crippen LogP contribution in [0.2, 0.25) is 0 Å². The molecule has 3 N–H and O–H groups in total. The first-order chi connectivity index (χ1) is 7.57. The van der Waals surface area contributed by atoms with Gasteiger partial charge < -0.3 is 15.8 Å². The third-order valence-corrected chi connectivity index (χ3v) is 3.33. The van der Waals surface area contributed by atoms with Crippen molar-refractivity contribution in [2.24, 2.45) is 11.1 Å². The van der Waals surface area contributed by atoms with Crippen LogP contribution in [-0.4, -0.2) is 31.7 Å². The van der Waals surface area contributed by atoms with Crippen LogP contribution in [0.1, 0.15) is 39.5 Å². The van der Waals surface area contributed by atoms with E-state index in [0.717, 1.165) is 38.9 Å². The van der Waals surface area contributed by atoms with Gasteiger partial charge in [0.05, 0.1) is 6.04 Å². The summed E-state index contributed by atoms with van der Waals surface area (Å²) < 4.78 is 5.32. The first-order valence-electron chi connectivity index (χ1n) is 6.18. The molecule has 1 aliphatic heterocycles. The van der Waals surface area contributed by atoms with Gasteiger partial charge in [0.1, 0.15) is 0 Å². The van der Waals surface area contributed by atoms with E-state index < -0.39 is 0 Å². The highest BCUT2D eigenvalue weighted by molar-refractivity contribution is 5.81. The molecular formula is C12H24N2O2. The second-order valence-corrected chi connectivity index (χ2v) is 5.04. The summed E-state index contributed by atoms with van der Waals surface area (Å²) in [7, 11) is 0. The number of amides is 1. The van der Waals surface area contributed by atoms with Gasteiger partial charge in [-0.25, -0.2) is 0 Å². The van der Waals surface area contributed by atoms with Gasteiger partial charge in [-0.2, -0.15) is 0 Å². The van der Waals surface area contributed by atoms with Gasteiger partial charge in [-0.05, 0) is 24.7 Å². The number of ether oxygens (including phenoxy) is 1. The van der Waals surface area contributed by atoms with Crippen LogP contribution < -0.4 is 11.1 Å². The molecule has 0 aliphatic carbocycles. The third kappa shape index (κ3) is 4.10. The Morgan fingerprint density at radius 1 is 1.50 bits per heavy atom. The Kier molecular flexibility index (Phi) is 5.22.